The van der Waals surface area contributed by atoms with Crippen LogP contribution in [-0.4, -0.2) is 49.2 Å². The molecular formula is C15H30N2O2. The van der Waals surface area contributed by atoms with Gasteiger partial charge in [-0.15, -0.1) is 0 Å². The second-order valence-electron chi connectivity index (χ2n) is 6.27. The molecule has 1 N–H and O–H groups in total. The number of esters is 1. The van der Waals surface area contributed by atoms with Crippen LogP contribution in [0, 0.1) is 0 Å². The van der Waals surface area contributed by atoms with Crippen LogP contribution in [0.2, 0.25) is 0 Å². The van der Waals surface area contributed by atoms with Crippen molar-refractivity contribution in [1.29, 1.82) is 0 Å². The first-order valence-corrected chi connectivity index (χ1v) is 7.45. The molecule has 0 aromatic heterocycles. The Kier molecular flexibility index (Phi) is 6.27. The van der Waals surface area contributed by atoms with Gasteiger partial charge >= 0.3 is 5.97 Å². The molecule has 0 spiro atoms. The molecule has 1 rings (SSSR count). The van der Waals surface area contributed by atoms with Gasteiger partial charge in [-0.05, 0) is 66.5 Å². The first kappa shape index (κ1) is 16.4. The van der Waals surface area contributed by atoms with Crippen LogP contribution in [0.3, 0.4) is 0 Å². The normalized spacial score (nSPS) is 18.7. The van der Waals surface area contributed by atoms with Crippen LogP contribution < -0.4 is 5.32 Å². The third-order valence-corrected chi connectivity index (χ3v) is 4.06. The van der Waals surface area contributed by atoms with Gasteiger partial charge < -0.3 is 9.64 Å². The Bertz CT molecular complexity index is 290. The molecule has 0 heterocycles. The van der Waals surface area contributed by atoms with Gasteiger partial charge in [0.1, 0.15) is 5.54 Å². The maximum atomic E-state index is 11.9. The predicted molar refractivity (Wildman–Crippen MR) is 78.2 cm³/mol. The minimum atomic E-state index is -0.508. The summed E-state index contributed by atoms with van der Waals surface area (Å²) in [5, 5.41) is 3.44. The van der Waals surface area contributed by atoms with E-state index in [1.807, 2.05) is 6.92 Å². The molecule has 0 aromatic carbocycles. The molecule has 1 fully saturated rings. The summed E-state index contributed by atoms with van der Waals surface area (Å²) in [4.78, 5) is 14.3. The topological polar surface area (TPSA) is 41.6 Å². The molecule has 0 aliphatic heterocycles. The molecule has 0 saturated heterocycles. The highest BCUT2D eigenvalue weighted by molar-refractivity contribution is 5.80. The van der Waals surface area contributed by atoms with Crippen molar-refractivity contribution in [2.75, 3.05) is 20.7 Å². The number of rotatable bonds is 9. The maximum absolute atomic E-state index is 11.9. The number of carbonyl (C=O) groups is 1. The SMILES string of the molecule is COC(=O)C(C)(CCCCN(C)C(C)C)NC1CC1. The number of nitrogens with zero attached hydrogens (tertiary/aromatic N) is 1. The average Bonchev–Trinajstić information content (AvgIpc) is 3.16. The molecule has 112 valence electrons. The molecule has 4 nitrogen and oxygen atoms in total. The van der Waals surface area contributed by atoms with E-state index in [4.69, 9.17) is 4.74 Å². The smallest absolute Gasteiger partial charge is 0.325 e. The van der Waals surface area contributed by atoms with E-state index < -0.39 is 5.54 Å². The Labute approximate surface area is 117 Å². The van der Waals surface area contributed by atoms with Gasteiger partial charge in [0.2, 0.25) is 0 Å². The molecule has 0 amide bonds. The van der Waals surface area contributed by atoms with Gasteiger partial charge in [0, 0.05) is 12.1 Å². The van der Waals surface area contributed by atoms with Crippen molar-refractivity contribution in [3.8, 4) is 0 Å². The van der Waals surface area contributed by atoms with Gasteiger partial charge in [-0.3, -0.25) is 10.1 Å². The van der Waals surface area contributed by atoms with E-state index in [2.05, 4.69) is 31.1 Å². The highest BCUT2D eigenvalue weighted by Gasteiger charge is 2.38. The van der Waals surface area contributed by atoms with Crippen LogP contribution in [-0.2, 0) is 9.53 Å². The first-order chi connectivity index (χ1) is 8.89. The van der Waals surface area contributed by atoms with Crippen LogP contribution in [0.15, 0.2) is 0 Å². The summed E-state index contributed by atoms with van der Waals surface area (Å²) in [5.41, 5.74) is -0.508. The summed E-state index contributed by atoms with van der Waals surface area (Å²) in [6, 6.07) is 1.10. The van der Waals surface area contributed by atoms with Crippen molar-refractivity contribution in [2.24, 2.45) is 0 Å². The maximum Gasteiger partial charge on any atom is 0.325 e. The summed E-state index contributed by atoms with van der Waals surface area (Å²) < 4.78 is 4.95. The van der Waals surface area contributed by atoms with Gasteiger partial charge in [-0.25, -0.2) is 0 Å². The quantitative estimate of drug-likeness (QED) is 0.515. The highest BCUT2D eigenvalue weighted by atomic mass is 16.5. The number of carbonyl (C=O) groups excluding carboxylic acids is 1. The van der Waals surface area contributed by atoms with E-state index in [0.717, 1.165) is 25.8 Å². The van der Waals surface area contributed by atoms with Gasteiger partial charge in [-0.2, -0.15) is 0 Å². The van der Waals surface area contributed by atoms with Gasteiger partial charge in [0.25, 0.3) is 0 Å². The lowest BCUT2D eigenvalue weighted by molar-refractivity contribution is -0.148. The summed E-state index contributed by atoms with van der Waals surface area (Å²) in [5.74, 6) is -0.128. The van der Waals surface area contributed by atoms with Crippen LogP contribution in [0.25, 0.3) is 0 Å². The molecule has 0 aromatic rings. The molecule has 1 atom stereocenters. The minimum Gasteiger partial charge on any atom is -0.468 e. The van der Waals surface area contributed by atoms with Crippen molar-refractivity contribution in [3.05, 3.63) is 0 Å². The fraction of sp³-hybridized carbons (Fsp3) is 0.933. The van der Waals surface area contributed by atoms with Crippen molar-refractivity contribution >= 4 is 5.97 Å². The zero-order valence-corrected chi connectivity index (χ0v) is 13.2. The Balaban J connectivity index is 2.34. The predicted octanol–water partition coefficient (Wildman–Crippen LogP) is 2.18. The summed E-state index contributed by atoms with van der Waals surface area (Å²) in [7, 11) is 3.62. The number of ether oxygens (including phenoxy) is 1. The lowest BCUT2D eigenvalue weighted by atomic mass is 9.94. The Morgan fingerprint density at radius 3 is 2.53 bits per heavy atom. The molecule has 4 heteroatoms. The fourth-order valence-corrected chi connectivity index (χ4v) is 2.23. The Hall–Kier alpha value is -0.610. The second kappa shape index (κ2) is 7.25. The largest absolute Gasteiger partial charge is 0.468 e. The lowest BCUT2D eigenvalue weighted by Gasteiger charge is -2.28. The average molecular weight is 270 g/mol. The van der Waals surface area contributed by atoms with Crippen molar-refractivity contribution < 1.29 is 9.53 Å². The third-order valence-electron chi connectivity index (χ3n) is 4.06. The first-order valence-electron chi connectivity index (χ1n) is 7.45. The third kappa shape index (κ3) is 5.49. The number of hydrogen-bond donors (Lipinski definition) is 1. The van der Waals surface area contributed by atoms with Crippen molar-refractivity contribution in [2.45, 2.75) is 70.5 Å². The molecular weight excluding hydrogens is 240 g/mol. The lowest BCUT2D eigenvalue weighted by Crippen LogP contribution is -2.51. The van der Waals surface area contributed by atoms with Gasteiger partial charge in [0.15, 0.2) is 0 Å². The van der Waals surface area contributed by atoms with Crippen LogP contribution in [0.5, 0.6) is 0 Å². The number of unbranched alkanes of at least 4 members (excludes halogenated alkanes) is 1. The van der Waals surface area contributed by atoms with E-state index >= 15 is 0 Å². The standard InChI is InChI=1S/C15H30N2O2/c1-12(2)17(4)11-7-6-10-15(3,14(18)19-5)16-13-8-9-13/h12-13,16H,6-11H2,1-5H3. The van der Waals surface area contributed by atoms with Gasteiger partial charge in [-0.1, -0.05) is 0 Å². The van der Waals surface area contributed by atoms with Crippen LogP contribution >= 0.6 is 0 Å². The molecule has 0 bridgehead atoms. The van der Waals surface area contributed by atoms with E-state index in [-0.39, 0.29) is 5.97 Å². The van der Waals surface area contributed by atoms with E-state index in [1.165, 1.54) is 20.0 Å². The monoisotopic (exact) mass is 270 g/mol. The molecule has 1 aliphatic carbocycles. The van der Waals surface area contributed by atoms with Crippen LogP contribution in [0.1, 0.15) is 52.9 Å². The fourth-order valence-electron chi connectivity index (χ4n) is 2.23. The van der Waals surface area contributed by atoms with Crippen LogP contribution in [0.4, 0.5) is 0 Å². The van der Waals surface area contributed by atoms with E-state index in [0.29, 0.717) is 12.1 Å². The summed E-state index contributed by atoms with van der Waals surface area (Å²) in [6.07, 6.45) is 5.38. The van der Waals surface area contributed by atoms with Gasteiger partial charge in [0.05, 0.1) is 7.11 Å². The zero-order chi connectivity index (χ0) is 14.5. The number of hydrogen-bond acceptors (Lipinski definition) is 4. The summed E-state index contributed by atoms with van der Waals surface area (Å²) >= 11 is 0. The number of nitrogens with one attached hydrogen (secondary N) is 1. The second-order valence-corrected chi connectivity index (χ2v) is 6.27. The summed E-state index contributed by atoms with van der Waals surface area (Å²) in [6.45, 7) is 7.46. The molecule has 0 radical (unpaired) electrons. The van der Waals surface area contributed by atoms with E-state index in [1.54, 1.807) is 0 Å². The molecule has 19 heavy (non-hydrogen) atoms. The van der Waals surface area contributed by atoms with Crippen molar-refractivity contribution in [1.82, 2.24) is 10.2 Å². The molecule has 1 aliphatic rings. The number of methoxy groups -OCH3 is 1. The Morgan fingerprint density at radius 2 is 2.05 bits per heavy atom. The highest BCUT2D eigenvalue weighted by Crippen LogP contribution is 2.26. The van der Waals surface area contributed by atoms with E-state index in [9.17, 15) is 4.79 Å². The van der Waals surface area contributed by atoms with Crippen molar-refractivity contribution in [3.63, 3.8) is 0 Å². The minimum absolute atomic E-state index is 0.128. The molecule has 1 saturated carbocycles. The zero-order valence-electron chi connectivity index (χ0n) is 13.2. The Morgan fingerprint density at radius 1 is 1.42 bits per heavy atom. The molecule has 1 unspecified atom stereocenters.